The summed E-state index contributed by atoms with van der Waals surface area (Å²) < 4.78 is 2.32. The highest BCUT2D eigenvalue weighted by molar-refractivity contribution is 5.14. The van der Waals surface area contributed by atoms with Crippen LogP contribution in [0.2, 0.25) is 0 Å². The van der Waals surface area contributed by atoms with Crippen LogP contribution in [0.1, 0.15) is 44.2 Å². The third kappa shape index (κ3) is 3.73. The second-order valence-corrected chi connectivity index (χ2v) is 4.88. The quantitative estimate of drug-likeness (QED) is 0.716. The zero-order valence-electron chi connectivity index (χ0n) is 11.2. The maximum atomic E-state index is 3.15. The molecule has 1 unspecified atom stereocenters. The monoisotopic (exact) mass is 243 g/mol. The molecule has 1 aromatic carbocycles. The average Bonchev–Trinajstić information content (AvgIpc) is 2.94. The standard InChI is InChI=1S/C16H22N2/c1-2-3-9-16(18-13-12-17-14-18)11-10-15-7-5-4-6-8-15/h4-8,12-14,16H,2-3,9-11H2,1H3/p+1. The second kappa shape index (κ2) is 7.00. The first kappa shape index (κ1) is 12.9. The third-order valence-electron chi connectivity index (χ3n) is 3.49. The van der Waals surface area contributed by atoms with E-state index >= 15 is 0 Å². The molecule has 2 aromatic rings. The van der Waals surface area contributed by atoms with Crippen LogP contribution in [0.25, 0.3) is 0 Å². The molecule has 0 aliphatic rings. The SMILES string of the molecule is CCCCC(CCc1ccccc1)[n+]1cc[nH]c1. The molecule has 0 fully saturated rings. The van der Waals surface area contributed by atoms with Crippen LogP contribution in [-0.4, -0.2) is 4.98 Å². The van der Waals surface area contributed by atoms with E-state index in [1.807, 2.05) is 6.20 Å². The van der Waals surface area contributed by atoms with Crippen molar-refractivity contribution < 1.29 is 4.57 Å². The van der Waals surface area contributed by atoms with Crippen molar-refractivity contribution in [3.63, 3.8) is 0 Å². The molecule has 0 aliphatic heterocycles. The highest BCUT2D eigenvalue weighted by atomic mass is 15.0. The minimum atomic E-state index is 0.622. The van der Waals surface area contributed by atoms with E-state index in [2.05, 4.69) is 59.3 Å². The molecule has 2 heteroatoms. The first-order valence-corrected chi connectivity index (χ1v) is 6.97. The first-order valence-electron chi connectivity index (χ1n) is 6.97. The lowest BCUT2D eigenvalue weighted by Crippen LogP contribution is -2.37. The summed E-state index contributed by atoms with van der Waals surface area (Å²) in [6.45, 7) is 2.26. The van der Waals surface area contributed by atoms with E-state index in [9.17, 15) is 0 Å². The van der Waals surface area contributed by atoms with Crippen LogP contribution in [0.4, 0.5) is 0 Å². The van der Waals surface area contributed by atoms with Crippen LogP contribution in [0, 0.1) is 0 Å². The molecular weight excluding hydrogens is 220 g/mol. The van der Waals surface area contributed by atoms with Crippen molar-refractivity contribution in [3.8, 4) is 0 Å². The zero-order valence-corrected chi connectivity index (χ0v) is 11.2. The van der Waals surface area contributed by atoms with E-state index in [1.54, 1.807) is 0 Å². The Morgan fingerprint density at radius 1 is 1.17 bits per heavy atom. The molecular formula is C16H23N2+. The lowest BCUT2D eigenvalue weighted by molar-refractivity contribution is -0.723. The fraction of sp³-hybridized carbons (Fsp3) is 0.438. The fourth-order valence-corrected chi connectivity index (χ4v) is 2.39. The number of benzene rings is 1. The number of unbranched alkanes of at least 4 members (excludes halogenated alkanes) is 1. The number of hydrogen-bond donors (Lipinski definition) is 1. The average molecular weight is 243 g/mol. The smallest absolute Gasteiger partial charge is 0.241 e. The molecule has 0 saturated carbocycles. The molecule has 1 aromatic heterocycles. The van der Waals surface area contributed by atoms with Gasteiger partial charge in [0.15, 0.2) is 0 Å². The number of nitrogens with zero attached hydrogens (tertiary/aromatic N) is 1. The number of imidazole rings is 1. The molecule has 0 amide bonds. The van der Waals surface area contributed by atoms with Crippen molar-refractivity contribution in [1.82, 2.24) is 4.98 Å². The number of aromatic nitrogens is 2. The Hall–Kier alpha value is -1.57. The van der Waals surface area contributed by atoms with Crippen molar-refractivity contribution in [3.05, 3.63) is 54.6 Å². The van der Waals surface area contributed by atoms with E-state index in [1.165, 1.54) is 31.2 Å². The van der Waals surface area contributed by atoms with Gasteiger partial charge in [0.1, 0.15) is 18.4 Å². The van der Waals surface area contributed by atoms with Crippen molar-refractivity contribution in [2.45, 2.75) is 45.1 Å². The van der Waals surface area contributed by atoms with Gasteiger partial charge in [-0.3, -0.25) is 4.98 Å². The van der Waals surface area contributed by atoms with E-state index in [4.69, 9.17) is 0 Å². The molecule has 96 valence electrons. The number of hydrogen-bond acceptors (Lipinski definition) is 0. The van der Waals surface area contributed by atoms with E-state index < -0.39 is 0 Å². The van der Waals surface area contributed by atoms with Gasteiger partial charge in [-0.05, 0) is 31.2 Å². The number of nitrogens with one attached hydrogen (secondary N) is 1. The van der Waals surface area contributed by atoms with Crippen LogP contribution in [0.5, 0.6) is 0 Å². The van der Waals surface area contributed by atoms with Crippen LogP contribution in [0.15, 0.2) is 49.1 Å². The number of aromatic amines is 1. The molecule has 1 heterocycles. The summed E-state index contributed by atoms with van der Waals surface area (Å²) in [6, 6.07) is 11.4. The van der Waals surface area contributed by atoms with Gasteiger partial charge in [-0.2, -0.15) is 0 Å². The molecule has 1 atom stereocenters. The second-order valence-electron chi connectivity index (χ2n) is 4.88. The van der Waals surface area contributed by atoms with Crippen molar-refractivity contribution in [2.24, 2.45) is 0 Å². The van der Waals surface area contributed by atoms with Gasteiger partial charge >= 0.3 is 0 Å². The lowest BCUT2D eigenvalue weighted by atomic mass is 10.0. The van der Waals surface area contributed by atoms with E-state index in [-0.39, 0.29) is 0 Å². The minimum Gasteiger partial charge on any atom is -0.250 e. The summed E-state index contributed by atoms with van der Waals surface area (Å²) in [4.78, 5) is 3.15. The van der Waals surface area contributed by atoms with E-state index in [0.717, 1.165) is 6.42 Å². The van der Waals surface area contributed by atoms with Crippen molar-refractivity contribution in [2.75, 3.05) is 0 Å². The summed E-state index contributed by atoms with van der Waals surface area (Å²) in [6.07, 6.45) is 12.4. The molecule has 0 saturated heterocycles. The fourth-order valence-electron chi connectivity index (χ4n) is 2.39. The molecule has 0 aliphatic carbocycles. The van der Waals surface area contributed by atoms with Gasteiger partial charge in [-0.25, -0.2) is 4.57 Å². The summed E-state index contributed by atoms with van der Waals surface area (Å²) in [5.74, 6) is 0. The Bertz CT molecular complexity index is 420. The highest BCUT2D eigenvalue weighted by Crippen LogP contribution is 2.16. The summed E-state index contributed by atoms with van der Waals surface area (Å²) in [7, 11) is 0. The first-order chi connectivity index (χ1) is 8.90. The molecule has 0 spiro atoms. The van der Waals surface area contributed by atoms with Gasteiger partial charge in [0.2, 0.25) is 6.33 Å². The van der Waals surface area contributed by atoms with Crippen LogP contribution in [0.3, 0.4) is 0 Å². The molecule has 2 nitrogen and oxygen atoms in total. The lowest BCUT2D eigenvalue weighted by Gasteiger charge is -2.13. The maximum Gasteiger partial charge on any atom is 0.241 e. The summed E-state index contributed by atoms with van der Waals surface area (Å²) >= 11 is 0. The van der Waals surface area contributed by atoms with Gasteiger partial charge < -0.3 is 0 Å². The summed E-state index contributed by atoms with van der Waals surface area (Å²) in [5.41, 5.74) is 1.44. The largest absolute Gasteiger partial charge is 0.250 e. The molecule has 18 heavy (non-hydrogen) atoms. The van der Waals surface area contributed by atoms with E-state index in [0.29, 0.717) is 6.04 Å². The molecule has 2 rings (SSSR count). The van der Waals surface area contributed by atoms with Crippen LogP contribution in [-0.2, 0) is 6.42 Å². The third-order valence-corrected chi connectivity index (χ3v) is 3.49. The number of H-pyrrole nitrogens is 1. The van der Waals surface area contributed by atoms with Gasteiger partial charge in [-0.1, -0.05) is 43.7 Å². The molecule has 0 radical (unpaired) electrons. The number of rotatable bonds is 7. The summed E-state index contributed by atoms with van der Waals surface area (Å²) in [5, 5.41) is 0. The van der Waals surface area contributed by atoms with Crippen LogP contribution < -0.4 is 4.57 Å². The van der Waals surface area contributed by atoms with Gasteiger partial charge in [0, 0.05) is 0 Å². The van der Waals surface area contributed by atoms with Crippen molar-refractivity contribution >= 4 is 0 Å². The molecule has 1 N–H and O–H groups in total. The zero-order chi connectivity index (χ0) is 12.6. The minimum absolute atomic E-state index is 0.622. The Labute approximate surface area is 110 Å². The van der Waals surface area contributed by atoms with Gasteiger partial charge in [0.25, 0.3) is 0 Å². The predicted octanol–water partition coefficient (Wildman–Crippen LogP) is 3.67. The highest BCUT2D eigenvalue weighted by Gasteiger charge is 2.14. The van der Waals surface area contributed by atoms with Gasteiger partial charge in [-0.15, -0.1) is 0 Å². The maximum absolute atomic E-state index is 3.15. The van der Waals surface area contributed by atoms with Crippen LogP contribution >= 0.6 is 0 Å². The Kier molecular flexibility index (Phi) is 5.00. The van der Waals surface area contributed by atoms with Crippen molar-refractivity contribution in [1.29, 1.82) is 0 Å². The normalized spacial score (nSPS) is 12.5. The Morgan fingerprint density at radius 3 is 2.67 bits per heavy atom. The topological polar surface area (TPSA) is 19.7 Å². The Morgan fingerprint density at radius 2 is 2.00 bits per heavy atom. The predicted molar refractivity (Wildman–Crippen MR) is 74.3 cm³/mol. The number of aryl methyl sites for hydroxylation is 1. The Balaban J connectivity index is 1.93. The van der Waals surface area contributed by atoms with Gasteiger partial charge in [0.05, 0.1) is 0 Å². The molecule has 0 bridgehead atoms.